The molecule has 5 rings (SSSR count). The minimum Gasteiger partial charge on any atom is -0.465 e. The van der Waals surface area contributed by atoms with Gasteiger partial charge in [0.1, 0.15) is 6.04 Å². The number of carbonyl (C=O) groups excluding carboxylic acids is 3. The summed E-state index contributed by atoms with van der Waals surface area (Å²) in [7, 11) is 0. The van der Waals surface area contributed by atoms with Gasteiger partial charge in [0.25, 0.3) is 5.91 Å². The molecule has 3 saturated heterocycles. The van der Waals surface area contributed by atoms with E-state index < -0.39 is 34.6 Å². The summed E-state index contributed by atoms with van der Waals surface area (Å²) in [5, 5.41) is 11.0. The average molecular weight is 674 g/mol. The molecule has 222 valence electrons. The van der Waals surface area contributed by atoms with E-state index in [1.807, 2.05) is 30.3 Å². The highest BCUT2D eigenvalue weighted by Gasteiger charge is 2.76. The number of benzene rings is 2. The maximum Gasteiger partial charge on any atom is 0.310 e. The molecule has 2 aromatic carbocycles. The van der Waals surface area contributed by atoms with Crippen molar-refractivity contribution in [3.8, 4) is 0 Å². The molecule has 1 spiro atoms. The van der Waals surface area contributed by atoms with Crippen molar-refractivity contribution in [2.75, 3.05) is 24.7 Å². The molecule has 2 bridgehead atoms. The zero-order chi connectivity index (χ0) is 30.0. The van der Waals surface area contributed by atoms with Crippen molar-refractivity contribution in [3.05, 3.63) is 90.5 Å². The molecule has 2 amide bonds. The quantitative estimate of drug-likeness (QED) is 0.137. The van der Waals surface area contributed by atoms with Gasteiger partial charge in [-0.2, -0.15) is 0 Å². The molecule has 0 aromatic heterocycles. The van der Waals surface area contributed by atoms with Crippen LogP contribution in [0, 0.1) is 11.8 Å². The molecule has 1 N–H and O–H groups in total. The number of likely N-dealkylation sites (tertiary alicyclic amines) is 1. The maximum atomic E-state index is 14.8. The second-order valence-electron chi connectivity index (χ2n) is 10.8. The van der Waals surface area contributed by atoms with E-state index in [0.29, 0.717) is 35.5 Å². The Morgan fingerprint density at radius 1 is 1.19 bits per heavy atom. The highest BCUT2D eigenvalue weighted by atomic mass is 79.9. The Labute approximate surface area is 264 Å². The summed E-state index contributed by atoms with van der Waals surface area (Å²) in [6, 6.07) is 14.4. The maximum absolute atomic E-state index is 14.8. The second kappa shape index (κ2) is 13.0. The first kappa shape index (κ1) is 30.9. The van der Waals surface area contributed by atoms with Crippen LogP contribution in [0.2, 0.25) is 5.02 Å². The third kappa shape index (κ3) is 5.34. The van der Waals surface area contributed by atoms with E-state index in [0.717, 1.165) is 0 Å². The van der Waals surface area contributed by atoms with Crippen molar-refractivity contribution in [2.24, 2.45) is 11.8 Å². The van der Waals surface area contributed by atoms with Gasteiger partial charge in [0.15, 0.2) is 0 Å². The predicted molar refractivity (Wildman–Crippen MR) is 170 cm³/mol. The number of amides is 2. The van der Waals surface area contributed by atoms with Crippen LogP contribution in [0.1, 0.15) is 30.9 Å². The monoisotopic (exact) mass is 672 g/mol. The van der Waals surface area contributed by atoms with Gasteiger partial charge in [-0.05, 0) is 49.1 Å². The van der Waals surface area contributed by atoms with Crippen LogP contribution in [0.4, 0.5) is 5.69 Å². The highest BCUT2D eigenvalue weighted by Crippen LogP contribution is 2.68. The summed E-state index contributed by atoms with van der Waals surface area (Å²) >= 11 is 11.5. The van der Waals surface area contributed by atoms with Gasteiger partial charge >= 0.3 is 5.97 Å². The van der Waals surface area contributed by atoms with Crippen LogP contribution in [0.5, 0.6) is 0 Å². The number of carbonyl (C=O) groups is 3. The fourth-order valence-corrected chi connectivity index (χ4v) is 10.4. The lowest BCUT2D eigenvalue weighted by Gasteiger charge is -2.40. The normalized spacial score (nSPS) is 28.3. The van der Waals surface area contributed by atoms with Crippen molar-refractivity contribution in [1.29, 1.82) is 0 Å². The number of alkyl halides is 1. The average Bonchev–Trinajstić information content (AvgIpc) is 3.59. The first-order valence-corrected chi connectivity index (χ1v) is 16.2. The molecule has 42 heavy (non-hydrogen) atoms. The number of rotatable bonds is 12. The van der Waals surface area contributed by atoms with Gasteiger partial charge in [-0.3, -0.25) is 14.4 Å². The van der Waals surface area contributed by atoms with Crippen molar-refractivity contribution >= 4 is 62.8 Å². The molecular weight excluding hydrogens is 640 g/mol. The van der Waals surface area contributed by atoms with Crippen molar-refractivity contribution < 1.29 is 24.2 Å². The van der Waals surface area contributed by atoms with Crippen molar-refractivity contribution in [1.82, 2.24) is 4.90 Å². The number of halogens is 2. The molecule has 3 aliphatic rings. The SMILES string of the molecule is C=CCCCOC(=O)[C@H]1[C@@H]2SC3(CC2Br)C(C(=O)N(CC=C)c2ccc(Cl)cc2)N([C@H](CO)c2ccccc2)C(=O)[C@H]13. The highest BCUT2D eigenvalue weighted by molar-refractivity contribution is 9.09. The first-order chi connectivity index (χ1) is 20.3. The molecule has 3 fully saturated rings. The Balaban J connectivity index is 1.60. The summed E-state index contributed by atoms with van der Waals surface area (Å²) in [5.74, 6) is -2.52. The molecule has 3 unspecified atom stereocenters. The number of unbranched alkanes of at least 4 members (excludes halogenated alkanes) is 1. The number of allylic oxidation sites excluding steroid dienone is 1. The molecular formula is C32H34BrClN2O5S. The van der Waals surface area contributed by atoms with E-state index in [1.165, 1.54) is 11.8 Å². The van der Waals surface area contributed by atoms with Gasteiger partial charge in [0, 0.05) is 27.3 Å². The number of hydrogen-bond acceptors (Lipinski definition) is 6. The van der Waals surface area contributed by atoms with Gasteiger partial charge in [-0.25, -0.2) is 0 Å². The minimum atomic E-state index is -0.948. The van der Waals surface area contributed by atoms with Crippen LogP contribution in [0.25, 0.3) is 0 Å². The number of aliphatic hydroxyl groups excluding tert-OH is 1. The molecule has 2 aromatic rings. The third-order valence-electron chi connectivity index (χ3n) is 8.44. The predicted octanol–water partition coefficient (Wildman–Crippen LogP) is 5.57. The molecule has 0 radical (unpaired) electrons. The zero-order valence-electron chi connectivity index (χ0n) is 23.1. The molecule has 3 aliphatic heterocycles. The van der Waals surface area contributed by atoms with E-state index in [1.54, 1.807) is 46.2 Å². The summed E-state index contributed by atoms with van der Waals surface area (Å²) in [6.07, 6.45) is 5.29. The van der Waals surface area contributed by atoms with Gasteiger partial charge < -0.3 is 19.6 Å². The smallest absolute Gasteiger partial charge is 0.310 e. The van der Waals surface area contributed by atoms with Crippen molar-refractivity contribution in [2.45, 2.75) is 46.2 Å². The Kier molecular flexibility index (Phi) is 9.52. The molecule has 7 atom stereocenters. The van der Waals surface area contributed by atoms with Gasteiger partial charge in [0.05, 0.1) is 35.8 Å². The number of fused-ring (bicyclic) bond motifs is 1. The Morgan fingerprint density at radius 2 is 1.90 bits per heavy atom. The number of anilines is 1. The van der Waals surface area contributed by atoms with Crippen LogP contribution < -0.4 is 4.90 Å². The fourth-order valence-electron chi connectivity index (χ4n) is 6.70. The molecule has 10 heteroatoms. The zero-order valence-corrected chi connectivity index (χ0v) is 26.3. The van der Waals surface area contributed by atoms with E-state index in [4.69, 9.17) is 16.3 Å². The summed E-state index contributed by atoms with van der Waals surface area (Å²) in [4.78, 5) is 46.0. The first-order valence-electron chi connectivity index (χ1n) is 14.0. The largest absolute Gasteiger partial charge is 0.465 e. The van der Waals surface area contributed by atoms with Crippen LogP contribution in [0.15, 0.2) is 79.9 Å². The number of nitrogens with zero attached hydrogens (tertiary/aromatic N) is 2. The number of aliphatic hydroxyl groups is 1. The lowest BCUT2D eigenvalue weighted by molar-refractivity contribution is -0.154. The Hall–Kier alpha value is -2.59. The van der Waals surface area contributed by atoms with Gasteiger partial charge in [-0.1, -0.05) is 70.0 Å². The van der Waals surface area contributed by atoms with Crippen LogP contribution in [0.3, 0.4) is 0 Å². The molecule has 0 saturated carbocycles. The Bertz CT molecular complexity index is 1340. The van der Waals surface area contributed by atoms with Gasteiger partial charge in [0.2, 0.25) is 5.91 Å². The summed E-state index contributed by atoms with van der Waals surface area (Å²) in [6.45, 7) is 7.64. The standard InChI is InChI=1S/C32H34BrClN2O5S/c1-3-5-9-17-41-31(40)25-26-29(38)36(24(19-37)20-10-7-6-8-11-20)28(32(26)18-23(33)27(25)42-32)30(39)35(16-4-2)22-14-12-21(34)13-15-22/h3-4,6-8,10-15,23-28,37H,1-2,5,9,16-19H2/t23?,24-,25-,26+,27-,28?,32?/m1/s1. The number of esters is 1. The van der Waals surface area contributed by atoms with E-state index in [-0.39, 0.29) is 41.6 Å². The lowest BCUT2D eigenvalue weighted by atomic mass is 9.71. The molecule has 0 aliphatic carbocycles. The number of thioether (sulfide) groups is 1. The lowest BCUT2D eigenvalue weighted by Crippen LogP contribution is -2.56. The summed E-state index contributed by atoms with van der Waals surface area (Å²) < 4.78 is 4.79. The topological polar surface area (TPSA) is 87.2 Å². The van der Waals surface area contributed by atoms with Gasteiger partial charge in [-0.15, -0.1) is 24.9 Å². The Morgan fingerprint density at radius 3 is 2.55 bits per heavy atom. The molecule has 7 nitrogen and oxygen atoms in total. The number of hydrogen-bond donors (Lipinski definition) is 1. The second-order valence-corrected chi connectivity index (χ2v) is 14.0. The van der Waals surface area contributed by atoms with Crippen LogP contribution in [-0.2, 0) is 19.1 Å². The van der Waals surface area contributed by atoms with E-state index in [9.17, 15) is 19.5 Å². The fraction of sp³-hybridized carbons (Fsp3) is 0.406. The minimum absolute atomic E-state index is 0.0970. The van der Waals surface area contributed by atoms with E-state index >= 15 is 0 Å². The third-order valence-corrected chi connectivity index (χ3v) is 11.9. The number of ether oxygens (including phenoxy) is 1. The van der Waals surface area contributed by atoms with E-state index in [2.05, 4.69) is 29.1 Å². The van der Waals surface area contributed by atoms with Crippen molar-refractivity contribution in [3.63, 3.8) is 0 Å². The van der Waals surface area contributed by atoms with Crippen LogP contribution >= 0.6 is 39.3 Å². The molecule has 3 heterocycles. The summed E-state index contributed by atoms with van der Waals surface area (Å²) in [5.41, 5.74) is 1.32. The van der Waals surface area contributed by atoms with Crippen LogP contribution in [-0.4, -0.2) is 68.4 Å².